The number of halogens is 1. The van der Waals surface area contributed by atoms with Crippen molar-refractivity contribution >= 4 is 23.4 Å². The third-order valence-electron chi connectivity index (χ3n) is 4.93. The van der Waals surface area contributed by atoms with Crippen LogP contribution in [0.3, 0.4) is 0 Å². The van der Waals surface area contributed by atoms with E-state index in [1.165, 1.54) is 0 Å². The monoisotopic (exact) mass is 364 g/mol. The van der Waals surface area contributed by atoms with E-state index in [9.17, 15) is 9.59 Å². The number of hydrogen-bond donors (Lipinski definition) is 0. The molecular weight excluding hydrogens is 340 g/mol. The molecule has 0 radical (unpaired) electrons. The van der Waals surface area contributed by atoms with E-state index in [4.69, 9.17) is 16.3 Å². The van der Waals surface area contributed by atoms with Crippen molar-refractivity contribution in [3.05, 3.63) is 34.9 Å². The highest BCUT2D eigenvalue weighted by atomic mass is 35.5. The van der Waals surface area contributed by atoms with Crippen LogP contribution in [-0.2, 0) is 14.3 Å². The van der Waals surface area contributed by atoms with E-state index in [0.29, 0.717) is 44.1 Å². The van der Waals surface area contributed by atoms with E-state index in [2.05, 4.69) is 0 Å². The first kappa shape index (κ1) is 18.2. The zero-order valence-corrected chi connectivity index (χ0v) is 15.2. The molecule has 2 aliphatic heterocycles. The Morgan fingerprint density at radius 2 is 1.96 bits per heavy atom. The third-order valence-corrected chi connectivity index (χ3v) is 5.18. The molecule has 6 heteroatoms. The van der Waals surface area contributed by atoms with Gasteiger partial charge in [0.25, 0.3) is 0 Å². The predicted molar refractivity (Wildman–Crippen MR) is 96.4 cm³/mol. The molecule has 0 spiro atoms. The average molecular weight is 365 g/mol. The van der Waals surface area contributed by atoms with Crippen LogP contribution in [0.2, 0.25) is 5.02 Å². The summed E-state index contributed by atoms with van der Waals surface area (Å²) in [5.74, 6) is 0.283. The SMILES string of the molecule is O=C1CCCCCN1CCC(=O)N1CCO[C@@H](c2ccc(Cl)cc2)C1. The number of nitrogens with zero attached hydrogens (tertiary/aromatic N) is 2. The summed E-state index contributed by atoms with van der Waals surface area (Å²) in [7, 11) is 0. The number of likely N-dealkylation sites (tertiary alicyclic amines) is 1. The lowest BCUT2D eigenvalue weighted by Gasteiger charge is -2.33. The van der Waals surface area contributed by atoms with Gasteiger partial charge in [0, 0.05) is 37.5 Å². The number of carbonyl (C=O) groups is 2. The highest BCUT2D eigenvalue weighted by Crippen LogP contribution is 2.24. The fourth-order valence-electron chi connectivity index (χ4n) is 3.42. The topological polar surface area (TPSA) is 49.9 Å². The van der Waals surface area contributed by atoms with Crippen LogP contribution in [0.1, 0.15) is 43.8 Å². The van der Waals surface area contributed by atoms with Crippen molar-refractivity contribution in [1.82, 2.24) is 9.80 Å². The van der Waals surface area contributed by atoms with Gasteiger partial charge in [0.2, 0.25) is 11.8 Å². The molecule has 5 nitrogen and oxygen atoms in total. The summed E-state index contributed by atoms with van der Waals surface area (Å²) >= 11 is 5.93. The van der Waals surface area contributed by atoms with E-state index in [0.717, 1.165) is 31.4 Å². The number of morpholine rings is 1. The molecule has 1 atom stereocenters. The number of rotatable bonds is 4. The van der Waals surface area contributed by atoms with Crippen LogP contribution in [0.15, 0.2) is 24.3 Å². The highest BCUT2D eigenvalue weighted by Gasteiger charge is 2.26. The maximum absolute atomic E-state index is 12.6. The minimum atomic E-state index is -0.116. The first-order chi connectivity index (χ1) is 12.1. The van der Waals surface area contributed by atoms with Crippen molar-refractivity contribution in [2.24, 2.45) is 0 Å². The molecule has 1 aromatic rings. The number of hydrogen-bond acceptors (Lipinski definition) is 3. The van der Waals surface area contributed by atoms with Gasteiger partial charge in [-0.05, 0) is 30.5 Å². The Hall–Kier alpha value is -1.59. The molecule has 2 amide bonds. The largest absolute Gasteiger partial charge is 0.370 e. The van der Waals surface area contributed by atoms with Crippen LogP contribution in [0.4, 0.5) is 0 Å². The smallest absolute Gasteiger partial charge is 0.224 e. The van der Waals surface area contributed by atoms with Crippen LogP contribution in [0.25, 0.3) is 0 Å². The molecule has 0 unspecified atom stereocenters. The average Bonchev–Trinajstić information content (AvgIpc) is 2.84. The fourth-order valence-corrected chi connectivity index (χ4v) is 3.54. The second-order valence-electron chi connectivity index (χ2n) is 6.69. The van der Waals surface area contributed by atoms with E-state index in [1.807, 2.05) is 34.1 Å². The molecule has 3 rings (SSSR count). The molecule has 136 valence electrons. The highest BCUT2D eigenvalue weighted by molar-refractivity contribution is 6.30. The Morgan fingerprint density at radius 3 is 2.76 bits per heavy atom. The number of carbonyl (C=O) groups excluding carboxylic acids is 2. The lowest BCUT2D eigenvalue weighted by Crippen LogP contribution is -2.43. The Bertz CT molecular complexity index is 605. The molecule has 2 aliphatic rings. The molecule has 25 heavy (non-hydrogen) atoms. The van der Waals surface area contributed by atoms with Crippen molar-refractivity contribution in [3.63, 3.8) is 0 Å². The fraction of sp³-hybridized carbons (Fsp3) is 0.579. The molecule has 0 aliphatic carbocycles. The number of amides is 2. The molecule has 0 bridgehead atoms. The van der Waals surface area contributed by atoms with Crippen LogP contribution in [0, 0.1) is 0 Å². The second kappa shape index (κ2) is 8.68. The molecule has 1 aromatic carbocycles. The van der Waals surface area contributed by atoms with Gasteiger partial charge in [-0.2, -0.15) is 0 Å². The van der Waals surface area contributed by atoms with Gasteiger partial charge in [0.05, 0.1) is 13.2 Å². The molecule has 2 fully saturated rings. The molecule has 0 aromatic heterocycles. The van der Waals surface area contributed by atoms with Crippen molar-refractivity contribution in [2.75, 3.05) is 32.8 Å². The zero-order valence-electron chi connectivity index (χ0n) is 14.5. The minimum absolute atomic E-state index is 0.0966. The van der Waals surface area contributed by atoms with E-state index >= 15 is 0 Å². The Kier molecular flexibility index (Phi) is 6.32. The van der Waals surface area contributed by atoms with Gasteiger partial charge in [0.15, 0.2) is 0 Å². The summed E-state index contributed by atoms with van der Waals surface area (Å²) in [5.41, 5.74) is 1.03. The normalized spacial score (nSPS) is 22.0. The maximum Gasteiger partial charge on any atom is 0.224 e. The van der Waals surface area contributed by atoms with Gasteiger partial charge in [-0.15, -0.1) is 0 Å². The summed E-state index contributed by atoms with van der Waals surface area (Å²) in [5, 5.41) is 0.689. The van der Waals surface area contributed by atoms with Crippen molar-refractivity contribution in [1.29, 1.82) is 0 Å². The molecule has 2 heterocycles. The first-order valence-corrected chi connectivity index (χ1v) is 9.44. The van der Waals surface area contributed by atoms with Crippen LogP contribution in [-0.4, -0.2) is 54.4 Å². The Balaban J connectivity index is 1.53. The van der Waals surface area contributed by atoms with Crippen molar-refractivity contribution < 1.29 is 14.3 Å². The van der Waals surface area contributed by atoms with Crippen molar-refractivity contribution in [3.8, 4) is 0 Å². The number of benzene rings is 1. The lowest BCUT2D eigenvalue weighted by molar-refractivity contribution is -0.140. The van der Waals surface area contributed by atoms with Crippen LogP contribution in [0.5, 0.6) is 0 Å². The van der Waals surface area contributed by atoms with Gasteiger partial charge in [-0.3, -0.25) is 9.59 Å². The maximum atomic E-state index is 12.6. The summed E-state index contributed by atoms with van der Waals surface area (Å²) in [6, 6.07) is 7.56. The van der Waals surface area contributed by atoms with Gasteiger partial charge >= 0.3 is 0 Å². The van der Waals surface area contributed by atoms with E-state index in [1.54, 1.807) is 0 Å². The number of ether oxygens (including phenoxy) is 1. The quantitative estimate of drug-likeness (QED) is 0.825. The molecule has 0 saturated carbocycles. The molecule has 0 N–H and O–H groups in total. The van der Waals surface area contributed by atoms with Gasteiger partial charge in [0.1, 0.15) is 6.10 Å². The summed E-state index contributed by atoms with van der Waals surface area (Å²) in [4.78, 5) is 28.3. The molecular formula is C19H25ClN2O3. The van der Waals surface area contributed by atoms with Gasteiger partial charge < -0.3 is 14.5 Å². The first-order valence-electron chi connectivity index (χ1n) is 9.06. The van der Waals surface area contributed by atoms with Crippen molar-refractivity contribution in [2.45, 2.75) is 38.2 Å². The second-order valence-corrected chi connectivity index (χ2v) is 7.13. The lowest BCUT2D eigenvalue weighted by atomic mass is 10.1. The zero-order chi connectivity index (χ0) is 17.6. The van der Waals surface area contributed by atoms with Crippen LogP contribution >= 0.6 is 11.6 Å². The minimum Gasteiger partial charge on any atom is -0.370 e. The standard InChI is InChI=1S/C19H25ClN2O3/c20-16-7-5-15(6-8-16)17-14-22(12-13-25-17)19(24)9-11-21-10-3-1-2-4-18(21)23/h5-8,17H,1-4,9-14H2/t17-/m1/s1. The Morgan fingerprint density at radius 1 is 1.16 bits per heavy atom. The summed E-state index contributed by atoms with van der Waals surface area (Å²) in [6.45, 7) is 3.00. The van der Waals surface area contributed by atoms with Gasteiger partial charge in [-0.25, -0.2) is 0 Å². The van der Waals surface area contributed by atoms with E-state index < -0.39 is 0 Å². The Labute approximate surface area is 153 Å². The summed E-state index contributed by atoms with van der Waals surface area (Å²) in [6.07, 6.45) is 3.99. The van der Waals surface area contributed by atoms with Gasteiger partial charge in [-0.1, -0.05) is 30.2 Å². The third kappa shape index (κ3) is 4.95. The van der Waals surface area contributed by atoms with Crippen LogP contribution < -0.4 is 0 Å². The predicted octanol–water partition coefficient (Wildman–Crippen LogP) is 3.03. The van der Waals surface area contributed by atoms with E-state index in [-0.39, 0.29) is 17.9 Å². The molecule has 2 saturated heterocycles. The summed E-state index contributed by atoms with van der Waals surface area (Å²) < 4.78 is 5.81.